The van der Waals surface area contributed by atoms with Crippen molar-refractivity contribution in [3.63, 3.8) is 0 Å². The number of hydrogen-bond donors (Lipinski definition) is 1. The zero-order valence-electron chi connectivity index (χ0n) is 14.2. The van der Waals surface area contributed by atoms with Crippen molar-refractivity contribution in [3.8, 4) is 0 Å². The predicted molar refractivity (Wildman–Crippen MR) is 84.7 cm³/mol. The van der Waals surface area contributed by atoms with Crippen molar-refractivity contribution in [2.75, 3.05) is 53.4 Å². The second-order valence-corrected chi connectivity index (χ2v) is 6.28. The molecule has 1 aliphatic heterocycles. The summed E-state index contributed by atoms with van der Waals surface area (Å²) in [6.07, 6.45) is 0.399. The van der Waals surface area contributed by atoms with E-state index in [1.165, 1.54) is 0 Å². The van der Waals surface area contributed by atoms with Crippen LogP contribution in [0.1, 0.15) is 31.6 Å². The predicted octanol–water partition coefficient (Wildman–Crippen LogP) is 0.233. The van der Waals surface area contributed by atoms with Gasteiger partial charge in [-0.05, 0) is 21.0 Å². The number of aliphatic hydroxyl groups is 1. The molecule has 0 spiro atoms. The highest BCUT2D eigenvalue weighted by molar-refractivity contribution is 4.91. The third-order valence-corrected chi connectivity index (χ3v) is 4.38. The molecule has 0 aromatic carbocycles. The maximum Gasteiger partial charge on any atom is 0.243 e. The van der Waals surface area contributed by atoms with Gasteiger partial charge in [-0.2, -0.15) is 4.98 Å². The highest BCUT2D eigenvalue weighted by atomic mass is 16.5. The average Bonchev–Trinajstić information content (AvgIpc) is 2.97. The molecule has 1 aromatic rings. The fourth-order valence-corrected chi connectivity index (χ4v) is 2.65. The second kappa shape index (κ2) is 8.01. The summed E-state index contributed by atoms with van der Waals surface area (Å²) >= 11 is 0. The van der Waals surface area contributed by atoms with Crippen LogP contribution in [0.5, 0.6) is 0 Å². The van der Waals surface area contributed by atoms with Crippen molar-refractivity contribution in [3.05, 3.63) is 11.7 Å². The number of β-amino-alcohol motifs (C(OH)–C–C–N with tert-alkyl or cyclic N) is 1. The van der Waals surface area contributed by atoms with Gasteiger partial charge in [0.05, 0.1) is 12.1 Å². The molecule has 0 aliphatic carbocycles. The number of rotatable bonds is 7. The minimum Gasteiger partial charge on any atom is -0.390 e. The molecule has 1 saturated heterocycles. The molecule has 0 amide bonds. The maximum atomic E-state index is 10.3. The van der Waals surface area contributed by atoms with Gasteiger partial charge in [0.15, 0.2) is 5.82 Å². The number of aromatic nitrogens is 2. The molecule has 2 unspecified atom stereocenters. The van der Waals surface area contributed by atoms with E-state index in [2.05, 4.69) is 31.9 Å². The van der Waals surface area contributed by atoms with Crippen LogP contribution in [-0.4, -0.2) is 89.4 Å². The summed E-state index contributed by atoms with van der Waals surface area (Å²) in [5.41, 5.74) is 0. The van der Waals surface area contributed by atoms with E-state index < -0.39 is 0 Å². The van der Waals surface area contributed by atoms with Crippen molar-refractivity contribution in [2.45, 2.75) is 32.4 Å². The van der Waals surface area contributed by atoms with Crippen LogP contribution in [-0.2, 0) is 6.42 Å². The Balaban J connectivity index is 1.78. The minimum absolute atomic E-state index is 0.00920. The molecule has 7 heteroatoms. The molecule has 1 N–H and O–H groups in total. The molecule has 1 fully saturated rings. The van der Waals surface area contributed by atoms with Crippen LogP contribution in [0.2, 0.25) is 0 Å². The van der Waals surface area contributed by atoms with Gasteiger partial charge in [-0.3, -0.25) is 9.80 Å². The molecule has 126 valence electrons. The van der Waals surface area contributed by atoms with Crippen LogP contribution >= 0.6 is 0 Å². The quantitative estimate of drug-likeness (QED) is 0.773. The van der Waals surface area contributed by atoms with E-state index in [1.54, 1.807) is 0 Å². The number of piperazine rings is 1. The van der Waals surface area contributed by atoms with Gasteiger partial charge in [0.2, 0.25) is 5.89 Å². The molecule has 1 aromatic heterocycles. The molecule has 2 rings (SSSR count). The Hall–Kier alpha value is -1.02. The molecule has 2 atom stereocenters. The first-order chi connectivity index (χ1) is 10.5. The molecular weight excluding hydrogens is 282 g/mol. The van der Waals surface area contributed by atoms with Gasteiger partial charge in [-0.1, -0.05) is 12.1 Å². The summed E-state index contributed by atoms with van der Waals surface area (Å²) in [7, 11) is 4.12. The Bertz CT molecular complexity index is 445. The lowest BCUT2D eigenvalue weighted by Gasteiger charge is -2.34. The van der Waals surface area contributed by atoms with Crippen LogP contribution in [0.15, 0.2) is 4.52 Å². The molecule has 7 nitrogen and oxygen atoms in total. The fourth-order valence-electron chi connectivity index (χ4n) is 2.65. The third-order valence-electron chi connectivity index (χ3n) is 4.38. The van der Waals surface area contributed by atoms with Crippen LogP contribution in [0.25, 0.3) is 0 Å². The van der Waals surface area contributed by atoms with Gasteiger partial charge >= 0.3 is 0 Å². The Labute approximate surface area is 132 Å². The average molecular weight is 311 g/mol. The normalized spacial score (nSPS) is 20.5. The Morgan fingerprint density at radius 3 is 2.59 bits per heavy atom. The Kier molecular flexibility index (Phi) is 6.31. The molecule has 22 heavy (non-hydrogen) atoms. The lowest BCUT2D eigenvalue weighted by molar-refractivity contribution is 0.0494. The van der Waals surface area contributed by atoms with E-state index in [1.807, 2.05) is 20.9 Å². The van der Waals surface area contributed by atoms with Gasteiger partial charge in [-0.25, -0.2) is 0 Å². The van der Waals surface area contributed by atoms with Crippen molar-refractivity contribution in [2.24, 2.45) is 0 Å². The van der Waals surface area contributed by atoms with Crippen LogP contribution < -0.4 is 0 Å². The SMILES string of the molecule is CCc1noc(C(C)N(C)CC(O)CN2CCN(C)CC2)n1. The summed E-state index contributed by atoms with van der Waals surface area (Å²) in [6.45, 7) is 9.53. The second-order valence-electron chi connectivity index (χ2n) is 6.28. The highest BCUT2D eigenvalue weighted by Gasteiger charge is 2.22. The lowest BCUT2D eigenvalue weighted by Crippen LogP contribution is -2.48. The number of aliphatic hydroxyl groups excluding tert-OH is 1. The fraction of sp³-hybridized carbons (Fsp3) is 0.867. The standard InChI is InChI=1S/C15H29N5O2/c1-5-14-16-15(22-17-14)12(2)19(4)10-13(21)11-20-8-6-18(3)7-9-20/h12-13,21H,5-11H2,1-4H3. The highest BCUT2D eigenvalue weighted by Crippen LogP contribution is 2.17. The van der Waals surface area contributed by atoms with Crippen molar-refractivity contribution in [1.29, 1.82) is 0 Å². The molecule has 2 heterocycles. The van der Waals surface area contributed by atoms with Gasteiger partial charge in [0.25, 0.3) is 0 Å². The first kappa shape index (κ1) is 17.3. The van der Waals surface area contributed by atoms with Gasteiger partial charge in [0, 0.05) is 45.7 Å². The zero-order chi connectivity index (χ0) is 16.1. The van der Waals surface area contributed by atoms with Crippen molar-refractivity contribution in [1.82, 2.24) is 24.8 Å². The number of aryl methyl sites for hydroxylation is 1. The summed E-state index contributed by atoms with van der Waals surface area (Å²) in [4.78, 5) is 11.1. The first-order valence-corrected chi connectivity index (χ1v) is 8.11. The van der Waals surface area contributed by atoms with Crippen molar-refractivity contribution < 1.29 is 9.63 Å². The largest absolute Gasteiger partial charge is 0.390 e. The van der Waals surface area contributed by atoms with Crippen LogP contribution in [0, 0.1) is 0 Å². The van der Waals surface area contributed by atoms with Gasteiger partial charge in [0.1, 0.15) is 0 Å². The Morgan fingerprint density at radius 2 is 2.00 bits per heavy atom. The third kappa shape index (κ3) is 4.74. The molecule has 0 saturated carbocycles. The van der Waals surface area contributed by atoms with Crippen molar-refractivity contribution >= 4 is 0 Å². The topological polar surface area (TPSA) is 68.9 Å². The van der Waals surface area contributed by atoms with Crippen LogP contribution in [0.4, 0.5) is 0 Å². The van der Waals surface area contributed by atoms with Crippen LogP contribution in [0.3, 0.4) is 0 Å². The van der Waals surface area contributed by atoms with E-state index in [0.717, 1.165) is 45.0 Å². The van der Waals surface area contributed by atoms with Gasteiger partial charge < -0.3 is 14.5 Å². The lowest BCUT2D eigenvalue weighted by atomic mass is 10.2. The number of hydrogen-bond acceptors (Lipinski definition) is 7. The summed E-state index contributed by atoms with van der Waals surface area (Å²) < 4.78 is 5.28. The van der Waals surface area contributed by atoms with E-state index in [0.29, 0.717) is 12.4 Å². The molecular formula is C15H29N5O2. The number of likely N-dealkylation sites (N-methyl/N-ethyl adjacent to an activating group) is 2. The van der Waals surface area contributed by atoms with E-state index in [9.17, 15) is 5.11 Å². The minimum atomic E-state index is -0.371. The Morgan fingerprint density at radius 1 is 1.32 bits per heavy atom. The van der Waals surface area contributed by atoms with E-state index in [4.69, 9.17) is 4.52 Å². The maximum absolute atomic E-state index is 10.3. The number of nitrogens with zero attached hydrogens (tertiary/aromatic N) is 5. The zero-order valence-corrected chi connectivity index (χ0v) is 14.2. The van der Waals surface area contributed by atoms with E-state index in [-0.39, 0.29) is 12.1 Å². The first-order valence-electron chi connectivity index (χ1n) is 8.11. The molecule has 1 aliphatic rings. The summed E-state index contributed by atoms with van der Waals surface area (Å²) in [6, 6.07) is 0.00920. The smallest absolute Gasteiger partial charge is 0.243 e. The van der Waals surface area contributed by atoms with Gasteiger partial charge in [-0.15, -0.1) is 0 Å². The molecule has 0 bridgehead atoms. The summed E-state index contributed by atoms with van der Waals surface area (Å²) in [5, 5.41) is 14.3. The molecule has 0 radical (unpaired) electrons. The van der Waals surface area contributed by atoms with E-state index >= 15 is 0 Å². The monoisotopic (exact) mass is 311 g/mol. The summed E-state index contributed by atoms with van der Waals surface area (Å²) in [5.74, 6) is 1.35.